The molecular weight excluding hydrogens is 346 g/mol. The standard InChI is InChI=1S/C14H18ClNO6S/c1-14(2,8-5-6-22-7-8)23(20,21)12-9(15)3-4-10(11(12)17)16-13(18)19/h3-4,8,16-17H,5-7H2,1-2H3,(H,18,19). The molecule has 1 amide bonds. The summed E-state index contributed by atoms with van der Waals surface area (Å²) in [5.74, 6) is -0.953. The maximum atomic E-state index is 13.0. The van der Waals surface area contributed by atoms with Crippen LogP contribution >= 0.6 is 11.6 Å². The van der Waals surface area contributed by atoms with Crippen molar-refractivity contribution in [2.24, 2.45) is 5.92 Å². The van der Waals surface area contributed by atoms with E-state index in [4.69, 9.17) is 21.4 Å². The summed E-state index contributed by atoms with van der Waals surface area (Å²) in [7, 11) is -4.04. The predicted octanol–water partition coefficient (Wildman–Crippen LogP) is 2.72. The zero-order valence-corrected chi connectivity index (χ0v) is 14.2. The van der Waals surface area contributed by atoms with E-state index < -0.39 is 31.3 Å². The number of amides is 1. The molecule has 0 spiro atoms. The summed E-state index contributed by atoms with van der Waals surface area (Å²) in [5, 5.41) is 20.8. The van der Waals surface area contributed by atoms with Crippen LogP contribution in [-0.4, -0.2) is 42.7 Å². The zero-order chi connectivity index (χ0) is 17.4. The minimum absolute atomic E-state index is 0.162. The lowest BCUT2D eigenvalue weighted by Crippen LogP contribution is -2.40. The van der Waals surface area contributed by atoms with Crippen LogP contribution in [0.15, 0.2) is 17.0 Å². The monoisotopic (exact) mass is 363 g/mol. The fourth-order valence-corrected chi connectivity index (χ4v) is 4.88. The van der Waals surface area contributed by atoms with Crippen molar-refractivity contribution < 1.29 is 28.2 Å². The van der Waals surface area contributed by atoms with Gasteiger partial charge in [-0.3, -0.25) is 5.32 Å². The Morgan fingerprint density at radius 2 is 2.09 bits per heavy atom. The Morgan fingerprint density at radius 1 is 1.43 bits per heavy atom. The van der Waals surface area contributed by atoms with E-state index in [1.54, 1.807) is 13.8 Å². The van der Waals surface area contributed by atoms with Gasteiger partial charge in [0.15, 0.2) is 15.6 Å². The molecule has 0 aliphatic carbocycles. The number of hydrogen-bond acceptors (Lipinski definition) is 5. The van der Waals surface area contributed by atoms with E-state index in [1.807, 2.05) is 5.32 Å². The van der Waals surface area contributed by atoms with Gasteiger partial charge in [-0.25, -0.2) is 13.2 Å². The number of phenolic OH excluding ortho intramolecular Hbond substituents is 1. The van der Waals surface area contributed by atoms with Crippen molar-refractivity contribution in [3.8, 4) is 5.75 Å². The summed E-state index contributed by atoms with van der Waals surface area (Å²) in [5.41, 5.74) is -0.237. The van der Waals surface area contributed by atoms with Gasteiger partial charge in [-0.05, 0) is 32.4 Å². The van der Waals surface area contributed by atoms with Crippen molar-refractivity contribution in [3.63, 3.8) is 0 Å². The van der Waals surface area contributed by atoms with E-state index >= 15 is 0 Å². The second-order valence-corrected chi connectivity index (χ2v) is 8.74. The van der Waals surface area contributed by atoms with Crippen LogP contribution in [0.25, 0.3) is 0 Å². The van der Waals surface area contributed by atoms with Gasteiger partial charge in [-0.15, -0.1) is 0 Å². The van der Waals surface area contributed by atoms with Crippen molar-refractivity contribution in [1.82, 2.24) is 0 Å². The second-order valence-electron chi connectivity index (χ2n) is 5.87. The number of halogens is 1. The number of sulfone groups is 1. The van der Waals surface area contributed by atoms with Crippen molar-refractivity contribution in [1.29, 1.82) is 0 Å². The molecule has 0 aromatic heterocycles. The van der Waals surface area contributed by atoms with Gasteiger partial charge in [0.05, 0.1) is 22.1 Å². The molecule has 7 nitrogen and oxygen atoms in total. The lowest BCUT2D eigenvalue weighted by atomic mass is 9.94. The number of aromatic hydroxyl groups is 1. The molecule has 1 atom stereocenters. The highest BCUT2D eigenvalue weighted by atomic mass is 35.5. The molecule has 1 aliphatic heterocycles. The summed E-state index contributed by atoms with van der Waals surface area (Å²) < 4.78 is 30.1. The van der Waals surface area contributed by atoms with Gasteiger partial charge < -0.3 is 14.9 Å². The van der Waals surface area contributed by atoms with E-state index in [0.717, 1.165) is 0 Å². The zero-order valence-electron chi connectivity index (χ0n) is 12.7. The number of nitrogens with one attached hydrogen (secondary N) is 1. The molecular formula is C14H18ClNO6S. The summed E-state index contributed by atoms with van der Waals surface area (Å²) in [6.07, 6.45) is -0.841. The Kier molecular flexibility index (Phi) is 4.79. The van der Waals surface area contributed by atoms with E-state index in [1.165, 1.54) is 12.1 Å². The minimum Gasteiger partial charge on any atom is -0.504 e. The van der Waals surface area contributed by atoms with Crippen LogP contribution in [0, 0.1) is 5.92 Å². The molecule has 1 unspecified atom stereocenters. The predicted molar refractivity (Wildman–Crippen MR) is 85.0 cm³/mol. The maximum absolute atomic E-state index is 13.0. The molecule has 1 heterocycles. The molecule has 0 radical (unpaired) electrons. The van der Waals surface area contributed by atoms with Gasteiger partial charge in [-0.1, -0.05) is 11.6 Å². The molecule has 1 aromatic carbocycles. The van der Waals surface area contributed by atoms with E-state index in [2.05, 4.69) is 0 Å². The first-order valence-corrected chi connectivity index (χ1v) is 8.79. The van der Waals surface area contributed by atoms with Gasteiger partial charge in [0.2, 0.25) is 0 Å². The number of carboxylic acid groups (broad SMARTS) is 1. The van der Waals surface area contributed by atoms with Crippen LogP contribution in [-0.2, 0) is 14.6 Å². The molecule has 1 saturated heterocycles. The molecule has 23 heavy (non-hydrogen) atoms. The smallest absolute Gasteiger partial charge is 0.409 e. The third-order valence-electron chi connectivity index (χ3n) is 4.20. The van der Waals surface area contributed by atoms with Crippen LogP contribution in [0.4, 0.5) is 10.5 Å². The van der Waals surface area contributed by atoms with Crippen molar-refractivity contribution in [3.05, 3.63) is 17.2 Å². The van der Waals surface area contributed by atoms with Gasteiger partial charge >= 0.3 is 6.09 Å². The highest BCUT2D eigenvalue weighted by Crippen LogP contribution is 2.44. The SMILES string of the molecule is CC(C)(C1CCOC1)S(=O)(=O)c1c(Cl)ccc(NC(=O)O)c1O. The normalized spacial score (nSPS) is 18.8. The maximum Gasteiger partial charge on any atom is 0.409 e. The van der Waals surface area contributed by atoms with Gasteiger partial charge in [-0.2, -0.15) is 0 Å². The van der Waals surface area contributed by atoms with Gasteiger partial charge in [0, 0.05) is 12.5 Å². The first-order chi connectivity index (χ1) is 10.6. The Hall–Kier alpha value is -1.51. The number of rotatable bonds is 4. The fourth-order valence-electron chi connectivity index (χ4n) is 2.58. The lowest BCUT2D eigenvalue weighted by Gasteiger charge is -2.31. The van der Waals surface area contributed by atoms with Crippen molar-refractivity contribution >= 4 is 33.2 Å². The molecule has 0 bridgehead atoms. The lowest BCUT2D eigenvalue weighted by molar-refractivity contribution is 0.179. The highest BCUT2D eigenvalue weighted by Gasteiger charge is 2.46. The quantitative estimate of drug-likeness (QED) is 0.709. The molecule has 2 rings (SSSR count). The van der Waals surface area contributed by atoms with Crippen LogP contribution < -0.4 is 5.32 Å². The van der Waals surface area contributed by atoms with Crippen molar-refractivity contribution in [2.75, 3.05) is 18.5 Å². The average molecular weight is 364 g/mol. The number of carbonyl (C=O) groups is 1. The molecule has 3 N–H and O–H groups in total. The number of hydrogen-bond donors (Lipinski definition) is 3. The fraction of sp³-hybridized carbons (Fsp3) is 0.500. The second kappa shape index (κ2) is 6.18. The molecule has 1 aliphatic rings. The van der Waals surface area contributed by atoms with E-state index in [0.29, 0.717) is 19.6 Å². The average Bonchev–Trinajstić information content (AvgIpc) is 2.96. The van der Waals surface area contributed by atoms with E-state index in [9.17, 15) is 18.3 Å². The number of anilines is 1. The molecule has 128 valence electrons. The molecule has 9 heteroatoms. The first-order valence-electron chi connectivity index (χ1n) is 6.93. The number of ether oxygens (including phenoxy) is 1. The van der Waals surface area contributed by atoms with Crippen LogP contribution in [0.2, 0.25) is 5.02 Å². The third kappa shape index (κ3) is 3.11. The van der Waals surface area contributed by atoms with E-state index in [-0.39, 0.29) is 16.6 Å². The Labute approximate surface area is 139 Å². The third-order valence-corrected chi connectivity index (χ3v) is 7.30. The van der Waals surface area contributed by atoms with Crippen LogP contribution in [0.5, 0.6) is 5.75 Å². The highest BCUT2D eigenvalue weighted by molar-refractivity contribution is 7.93. The van der Waals surface area contributed by atoms with Gasteiger partial charge in [0.1, 0.15) is 4.90 Å². The van der Waals surface area contributed by atoms with Crippen LogP contribution in [0.3, 0.4) is 0 Å². The number of phenols is 1. The summed E-state index contributed by atoms with van der Waals surface area (Å²) in [6.45, 7) is 3.88. The largest absolute Gasteiger partial charge is 0.504 e. The summed E-state index contributed by atoms with van der Waals surface area (Å²) in [4.78, 5) is 10.3. The number of benzene rings is 1. The Bertz CT molecular complexity index is 725. The van der Waals surface area contributed by atoms with Crippen molar-refractivity contribution in [2.45, 2.75) is 29.9 Å². The van der Waals surface area contributed by atoms with Crippen LogP contribution in [0.1, 0.15) is 20.3 Å². The van der Waals surface area contributed by atoms with Gasteiger partial charge in [0.25, 0.3) is 0 Å². The first kappa shape index (κ1) is 17.8. The summed E-state index contributed by atoms with van der Waals surface area (Å²) in [6, 6.07) is 2.44. The Morgan fingerprint density at radius 3 is 2.61 bits per heavy atom. The summed E-state index contributed by atoms with van der Waals surface area (Å²) >= 11 is 5.99. The molecule has 1 aromatic rings. The topological polar surface area (TPSA) is 113 Å². The Balaban J connectivity index is 2.57. The minimum atomic E-state index is -4.04. The molecule has 1 fully saturated rings. The molecule has 0 saturated carbocycles.